The van der Waals surface area contributed by atoms with E-state index in [1.165, 1.54) is 6.07 Å². The summed E-state index contributed by atoms with van der Waals surface area (Å²) in [6.45, 7) is 2.07. The molecule has 1 aliphatic heterocycles. The summed E-state index contributed by atoms with van der Waals surface area (Å²) in [6.07, 6.45) is 2.63. The fraction of sp³-hybridized carbons (Fsp3) is 0.300. The Bertz CT molecular complexity index is 1140. The zero-order valence-electron chi connectivity index (χ0n) is 16.6. The summed E-state index contributed by atoms with van der Waals surface area (Å²) in [5.74, 6) is -1.68. The predicted molar refractivity (Wildman–Crippen MR) is 103 cm³/mol. The SMILES string of the molecule is O=C(c1cc2ncc(=C([O-])O)c(=O)n2n1)N(Cc1ccccc1)C1CCNCC1.[Na+]. The van der Waals surface area contributed by atoms with E-state index < -0.39 is 16.7 Å². The number of hydrogen-bond donors (Lipinski definition) is 2. The first-order chi connectivity index (χ1) is 14.0. The Kier molecular flexibility index (Phi) is 7.09. The number of rotatable bonds is 4. The number of fused-ring (bicyclic) bond motifs is 1. The van der Waals surface area contributed by atoms with Gasteiger partial charge in [-0.15, -0.1) is 0 Å². The Labute approximate surface area is 194 Å². The zero-order valence-corrected chi connectivity index (χ0v) is 18.6. The molecule has 0 atom stereocenters. The molecule has 2 aromatic heterocycles. The molecule has 30 heavy (non-hydrogen) atoms. The maximum atomic E-state index is 13.3. The normalized spacial score (nSPS) is 15.5. The van der Waals surface area contributed by atoms with Crippen molar-refractivity contribution >= 4 is 17.5 Å². The summed E-state index contributed by atoms with van der Waals surface area (Å²) in [6, 6.07) is 11.2. The molecule has 0 unspecified atom stereocenters. The summed E-state index contributed by atoms with van der Waals surface area (Å²) in [4.78, 5) is 31.4. The topological polar surface area (TPSA) is 123 Å². The van der Waals surface area contributed by atoms with Gasteiger partial charge >= 0.3 is 29.6 Å². The Balaban J connectivity index is 0.00000256. The van der Waals surface area contributed by atoms with Gasteiger partial charge in [-0.05, 0) is 31.5 Å². The molecule has 150 valence electrons. The predicted octanol–water partition coefficient (Wildman–Crippen LogP) is -3.81. The molecule has 1 aromatic carbocycles. The van der Waals surface area contributed by atoms with E-state index in [1.54, 1.807) is 4.90 Å². The van der Waals surface area contributed by atoms with E-state index >= 15 is 0 Å². The van der Waals surface area contributed by atoms with Crippen molar-refractivity contribution in [2.75, 3.05) is 13.1 Å². The summed E-state index contributed by atoms with van der Waals surface area (Å²) in [5.41, 5.74) is 0.414. The van der Waals surface area contributed by atoms with Gasteiger partial charge in [0.2, 0.25) is 0 Å². The average Bonchev–Trinajstić information content (AvgIpc) is 3.18. The summed E-state index contributed by atoms with van der Waals surface area (Å²) in [7, 11) is 0. The first kappa shape index (κ1) is 22.2. The number of aliphatic hydroxyl groups excluding tert-OH is 1. The molecular weight excluding hydrogens is 397 g/mol. The minimum atomic E-state index is -1.38. The van der Waals surface area contributed by atoms with Crippen LogP contribution in [-0.2, 0) is 6.54 Å². The molecule has 9 nitrogen and oxygen atoms in total. The molecule has 1 aliphatic rings. The molecule has 2 N–H and O–H groups in total. The molecule has 0 spiro atoms. The van der Waals surface area contributed by atoms with Crippen molar-refractivity contribution in [1.82, 2.24) is 24.8 Å². The summed E-state index contributed by atoms with van der Waals surface area (Å²) >= 11 is 0. The molecule has 1 amide bonds. The number of nitrogens with zero attached hydrogens (tertiary/aromatic N) is 4. The molecule has 0 aliphatic carbocycles. The fourth-order valence-electron chi connectivity index (χ4n) is 3.58. The second kappa shape index (κ2) is 9.57. The number of carbonyl (C=O) groups is 1. The third kappa shape index (κ3) is 4.49. The van der Waals surface area contributed by atoms with Gasteiger partial charge in [0.05, 0.1) is 11.2 Å². The third-order valence-corrected chi connectivity index (χ3v) is 5.09. The number of amides is 1. The number of aliphatic hydroxyl groups is 1. The molecular formula is C20H20N5NaO4. The van der Waals surface area contributed by atoms with Crippen LogP contribution in [0, 0.1) is 0 Å². The second-order valence-electron chi connectivity index (χ2n) is 6.98. The van der Waals surface area contributed by atoms with E-state index in [0.717, 1.165) is 42.2 Å². The van der Waals surface area contributed by atoms with Crippen molar-refractivity contribution in [1.29, 1.82) is 0 Å². The second-order valence-corrected chi connectivity index (χ2v) is 6.98. The molecule has 0 radical (unpaired) electrons. The minimum absolute atomic E-state index is 0. The van der Waals surface area contributed by atoms with Crippen molar-refractivity contribution in [3.05, 3.63) is 69.4 Å². The van der Waals surface area contributed by atoms with E-state index in [2.05, 4.69) is 15.4 Å². The van der Waals surface area contributed by atoms with Gasteiger partial charge < -0.3 is 20.4 Å². The van der Waals surface area contributed by atoms with Gasteiger partial charge in [0.25, 0.3) is 11.5 Å². The van der Waals surface area contributed by atoms with Crippen LogP contribution in [0.5, 0.6) is 0 Å². The molecule has 0 bridgehead atoms. The number of benzene rings is 1. The van der Waals surface area contributed by atoms with Gasteiger partial charge in [-0.2, -0.15) is 9.61 Å². The van der Waals surface area contributed by atoms with Crippen LogP contribution < -0.4 is 50.8 Å². The molecule has 0 saturated carbocycles. The van der Waals surface area contributed by atoms with Crippen LogP contribution in [0.15, 0.2) is 47.4 Å². The van der Waals surface area contributed by atoms with Gasteiger partial charge in [0.1, 0.15) is 0 Å². The zero-order chi connectivity index (χ0) is 20.4. The van der Waals surface area contributed by atoms with E-state index in [0.29, 0.717) is 6.54 Å². The number of carbonyl (C=O) groups excluding carboxylic acids is 1. The molecule has 3 aromatic rings. The number of hydrogen-bond acceptors (Lipinski definition) is 7. The van der Waals surface area contributed by atoms with Crippen molar-refractivity contribution < 1.29 is 44.6 Å². The van der Waals surface area contributed by atoms with Gasteiger partial charge in [-0.1, -0.05) is 30.3 Å². The van der Waals surface area contributed by atoms with Gasteiger partial charge in [-0.3, -0.25) is 9.59 Å². The Morgan fingerprint density at radius 2 is 1.97 bits per heavy atom. The molecule has 4 rings (SSSR count). The van der Waals surface area contributed by atoms with Crippen LogP contribution in [0.2, 0.25) is 0 Å². The van der Waals surface area contributed by atoms with Crippen LogP contribution in [0.3, 0.4) is 0 Å². The van der Waals surface area contributed by atoms with E-state index in [4.69, 9.17) is 5.11 Å². The smallest absolute Gasteiger partial charge is 0.629 e. The van der Waals surface area contributed by atoms with Crippen LogP contribution in [0.1, 0.15) is 28.9 Å². The third-order valence-electron chi connectivity index (χ3n) is 5.09. The molecule has 1 fully saturated rings. The van der Waals surface area contributed by atoms with E-state index in [-0.39, 0.29) is 52.8 Å². The maximum absolute atomic E-state index is 13.3. The van der Waals surface area contributed by atoms with Crippen molar-refractivity contribution in [2.45, 2.75) is 25.4 Å². The maximum Gasteiger partial charge on any atom is 1.00 e. The Hall–Kier alpha value is -2.46. The standard InChI is InChI=1S/C20H21N5O4.Na/c26-18-15(20(28)29)11-22-17-10-16(23-25(17)18)19(27)24(14-6-8-21-9-7-14)12-13-4-2-1-3-5-13;/h1-5,10-11,14,21,28-29H,6-9,12H2;/q;+1/p-1. The minimum Gasteiger partial charge on any atom is -0.629 e. The van der Waals surface area contributed by atoms with Crippen LogP contribution in [-0.4, -0.2) is 49.6 Å². The quantitative estimate of drug-likeness (QED) is 0.417. The van der Waals surface area contributed by atoms with Gasteiger partial charge in [0, 0.05) is 24.8 Å². The fourth-order valence-corrected chi connectivity index (χ4v) is 3.58. The monoisotopic (exact) mass is 417 g/mol. The molecule has 1 saturated heterocycles. The Morgan fingerprint density at radius 3 is 2.63 bits per heavy atom. The van der Waals surface area contributed by atoms with Crippen LogP contribution in [0.4, 0.5) is 0 Å². The van der Waals surface area contributed by atoms with Gasteiger partial charge in [0.15, 0.2) is 11.3 Å². The average molecular weight is 417 g/mol. The molecule has 10 heteroatoms. The number of nitrogens with one attached hydrogen (secondary N) is 1. The van der Waals surface area contributed by atoms with Gasteiger partial charge in [-0.25, -0.2) is 4.98 Å². The van der Waals surface area contributed by atoms with Crippen molar-refractivity contribution in [3.8, 4) is 0 Å². The van der Waals surface area contributed by atoms with E-state index in [1.807, 2.05) is 30.3 Å². The van der Waals surface area contributed by atoms with Crippen molar-refractivity contribution in [3.63, 3.8) is 0 Å². The van der Waals surface area contributed by atoms with Crippen LogP contribution in [0.25, 0.3) is 11.6 Å². The van der Waals surface area contributed by atoms with Crippen molar-refractivity contribution in [2.24, 2.45) is 0 Å². The summed E-state index contributed by atoms with van der Waals surface area (Å²) < 4.78 is 0.875. The largest absolute Gasteiger partial charge is 1.00 e. The summed E-state index contributed by atoms with van der Waals surface area (Å²) in [5, 5.41) is 27.2. The first-order valence-electron chi connectivity index (χ1n) is 9.39. The first-order valence-corrected chi connectivity index (χ1v) is 9.39. The number of aromatic nitrogens is 3. The molecule has 3 heterocycles. The number of piperidine rings is 1. The van der Waals surface area contributed by atoms with Crippen LogP contribution >= 0.6 is 0 Å². The van der Waals surface area contributed by atoms with E-state index in [9.17, 15) is 14.7 Å². The Morgan fingerprint density at radius 1 is 1.27 bits per heavy atom.